The second kappa shape index (κ2) is 3.02. The van der Waals surface area contributed by atoms with Crippen LogP contribution < -0.4 is 5.73 Å². The number of nitrogens with zero attached hydrogens (tertiary/aromatic N) is 2. The van der Waals surface area contributed by atoms with E-state index in [1.54, 1.807) is 6.20 Å². The largest absolute Gasteiger partial charge is 0.397 e. The summed E-state index contributed by atoms with van der Waals surface area (Å²) in [6, 6.07) is 0. The fourth-order valence-corrected chi connectivity index (χ4v) is 2.25. The van der Waals surface area contributed by atoms with E-state index in [0.717, 1.165) is 10.2 Å². The Morgan fingerprint density at radius 2 is 2.29 bits per heavy atom. The lowest BCUT2D eigenvalue weighted by Crippen LogP contribution is -1.94. The van der Waals surface area contributed by atoms with Crippen molar-refractivity contribution in [3.05, 3.63) is 16.9 Å². The molecule has 2 aromatic rings. The fourth-order valence-electron chi connectivity index (χ4n) is 1.25. The number of ketones is 1. The van der Waals surface area contributed by atoms with E-state index in [1.165, 1.54) is 18.3 Å². The number of Topliss-reactive ketones (excluding diaryl/α,β-unsaturated/α-hetero) is 1. The van der Waals surface area contributed by atoms with E-state index in [2.05, 4.69) is 9.97 Å². The number of fused-ring (bicyclic) bond motifs is 1. The molecule has 0 fully saturated rings. The van der Waals surface area contributed by atoms with Crippen molar-refractivity contribution in [3.63, 3.8) is 0 Å². The van der Waals surface area contributed by atoms with Crippen molar-refractivity contribution in [1.29, 1.82) is 0 Å². The van der Waals surface area contributed by atoms with Crippen LogP contribution in [-0.4, -0.2) is 15.8 Å². The molecular weight excluding hydrogens is 198 g/mol. The third kappa shape index (κ3) is 1.26. The third-order valence-corrected chi connectivity index (χ3v) is 3.14. The quantitative estimate of drug-likeness (QED) is 0.724. The normalized spacial score (nSPS) is 10.7. The topological polar surface area (TPSA) is 68.9 Å². The SMILES string of the molecule is CC(=O)c1sc2nc(C)ncc2c1N. The highest BCUT2D eigenvalue weighted by molar-refractivity contribution is 7.21. The van der Waals surface area contributed by atoms with Crippen LogP contribution in [0.5, 0.6) is 0 Å². The number of thiophene rings is 1. The van der Waals surface area contributed by atoms with Crippen LogP contribution in [0.25, 0.3) is 10.2 Å². The summed E-state index contributed by atoms with van der Waals surface area (Å²) in [5.74, 6) is 0.664. The third-order valence-electron chi connectivity index (χ3n) is 1.93. The van der Waals surface area contributed by atoms with Crippen LogP contribution >= 0.6 is 11.3 Å². The molecule has 0 unspecified atom stereocenters. The van der Waals surface area contributed by atoms with E-state index >= 15 is 0 Å². The highest BCUT2D eigenvalue weighted by Crippen LogP contribution is 2.31. The lowest BCUT2D eigenvalue weighted by atomic mass is 10.2. The molecule has 2 rings (SSSR count). The second-order valence-corrected chi connectivity index (χ2v) is 4.04. The standard InChI is InChI=1S/C9H9N3OS/c1-4(13)8-7(10)6-3-11-5(2)12-9(6)14-8/h3H,10H2,1-2H3. The van der Waals surface area contributed by atoms with Crippen LogP contribution in [0, 0.1) is 6.92 Å². The lowest BCUT2D eigenvalue weighted by molar-refractivity contribution is 0.102. The number of carbonyl (C=O) groups excluding carboxylic acids is 1. The molecule has 0 aromatic carbocycles. The van der Waals surface area contributed by atoms with E-state index in [9.17, 15) is 4.79 Å². The van der Waals surface area contributed by atoms with Gasteiger partial charge in [0.05, 0.1) is 16.0 Å². The van der Waals surface area contributed by atoms with Crippen molar-refractivity contribution in [1.82, 2.24) is 9.97 Å². The van der Waals surface area contributed by atoms with Gasteiger partial charge in [0.15, 0.2) is 5.78 Å². The van der Waals surface area contributed by atoms with Gasteiger partial charge in [-0.3, -0.25) is 4.79 Å². The van der Waals surface area contributed by atoms with Crippen LogP contribution in [0.4, 0.5) is 5.69 Å². The molecule has 0 aliphatic heterocycles. The van der Waals surface area contributed by atoms with E-state index in [4.69, 9.17) is 5.73 Å². The number of aromatic nitrogens is 2. The van der Waals surface area contributed by atoms with Gasteiger partial charge in [-0.15, -0.1) is 11.3 Å². The molecule has 0 aliphatic rings. The summed E-state index contributed by atoms with van der Waals surface area (Å²) in [7, 11) is 0. The molecule has 0 spiro atoms. The van der Waals surface area contributed by atoms with Gasteiger partial charge < -0.3 is 5.73 Å². The van der Waals surface area contributed by atoms with E-state index in [1.807, 2.05) is 6.92 Å². The van der Waals surface area contributed by atoms with Crippen LogP contribution in [0.3, 0.4) is 0 Å². The van der Waals surface area contributed by atoms with Crippen molar-refractivity contribution in [2.24, 2.45) is 0 Å². The first kappa shape index (κ1) is 9.08. The molecular formula is C9H9N3OS. The minimum Gasteiger partial charge on any atom is -0.397 e. The zero-order valence-corrected chi connectivity index (χ0v) is 8.68. The molecule has 5 heteroatoms. The predicted molar refractivity (Wildman–Crippen MR) is 56.6 cm³/mol. The highest BCUT2D eigenvalue weighted by atomic mass is 32.1. The van der Waals surface area contributed by atoms with Crippen LogP contribution in [0.15, 0.2) is 6.20 Å². The van der Waals surface area contributed by atoms with Crippen molar-refractivity contribution >= 4 is 33.0 Å². The van der Waals surface area contributed by atoms with Gasteiger partial charge in [-0.1, -0.05) is 0 Å². The zero-order chi connectivity index (χ0) is 10.3. The molecule has 2 heterocycles. The van der Waals surface area contributed by atoms with E-state index in [-0.39, 0.29) is 5.78 Å². The number of nitrogen functional groups attached to an aromatic ring is 1. The number of anilines is 1. The summed E-state index contributed by atoms with van der Waals surface area (Å²) < 4.78 is 0. The van der Waals surface area contributed by atoms with Gasteiger partial charge in [0, 0.05) is 13.1 Å². The lowest BCUT2D eigenvalue weighted by Gasteiger charge is -1.92. The predicted octanol–water partition coefficient (Wildman–Crippen LogP) is 1.78. The average Bonchev–Trinajstić information content (AvgIpc) is 2.43. The Balaban J connectivity index is 2.79. The summed E-state index contributed by atoms with van der Waals surface area (Å²) in [4.78, 5) is 20.8. The molecule has 2 N–H and O–H groups in total. The van der Waals surface area contributed by atoms with Gasteiger partial charge in [-0.25, -0.2) is 9.97 Å². The molecule has 14 heavy (non-hydrogen) atoms. The maximum atomic E-state index is 11.2. The average molecular weight is 207 g/mol. The monoisotopic (exact) mass is 207 g/mol. The molecule has 0 saturated heterocycles. The Hall–Kier alpha value is -1.49. The molecule has 72 valence electrons. The molecule has 0 radical (unpaired) electrons. The number of carbonyl (C=O) groups is 1. The molecule has 0 amide bonds. The summed E-state index contributed by atoms with van der Waals surface area (Å²) in [5.41, 5.74) is 6.30. The molecule has 2 aromatic heterocycles. The smallest absolute Gasteiger partial charge is 0.171 e. The number of hydrogen-bond donors (Lipinski definition) is 1. The summed E-state index contributed by atoms with van der Waals surface area (Å²) in [6.07, 6.45) is 1.66. The second-order valence-electron chi connectivity index (χ2n) is 3.04. The maximum Gasteiger partial charge on any atom is 0.171 e. The van der Waals surface area contributed by atoms with Crippen molar-refractivity contribution in [3.8, 4) is 0 Å². The highest BCUT2D eigenvalue weighted by Gasteiger charge is 2.13. The van der Waals surface area contributed by atoms with Crippen LogP contribution in [0.2, 0.25) is 0 Å². The Morgan fingerprint density at radius 1 is 1.57 bits per heavy atom. The van der Waals surface area contributed by atoms with E-state index < -0.39 is 0 Å². The molecule has 0 saturated carbocycles. The van der Waals surface area contributed by atoms with Crippen molar-refractivity contribution in [2.45, 2.75) is 13.8 Å². The van der Waals surface area contributed by atoms with Gasteiger partial charge in [-0.05, 0) is 6.92 Å². The Labute approximate surface area is 84.8 Å². The van der Waals surface area contributed by atoms with Gasteiger partial charge >= 0.3 is 0 Å². The molecule has 4 nitrogen and oxygen atoms in total. The first-order valence-corrected chi connectivity index (χ1v) is 4.94. The maximum absolute atomic E-state index is 11.2. The Kier molecular flexibility index (Phi) is 1.96. The van der Waals surface area contributed by atoms with Gasteiger partial charge in [0.1, 0.15) is 10.7 Å². The van der Waals surface area contributed by atoms with Gasteiger partial charge in [-0.2, -0.15) is 0 Å². The molecule has 0 aliphatic carbocycles. The number of hydrogen-bond acceptors (Lipinski definition) is 5. The summed E-state index contributed by atoms with van der Waals surface area (Å²) in [6.45, 7) is 3.31. The first-order valence-electron chi connectivity index (χ1n) is 4.12. The minimum atomic E-state index is -0.0249. The minimum absolute atomic E-state index is 0.0249. The van der Waals surface area contributed by atoms with Crippen LogP contribution in [-0.2, 0) is 0 Å². The summed E-state index contributed by atoms with van der Waals surface area (Å²) >= 11 is 1.32. The number of rotatable bonds is 1. The first-order chi connectivity index (χ1) is 6.59. The van der Waals surface area contributed by atoms with Gasteiger partial charge in [0.2, 0.25) is 0 Å². The van der Waals surface area contributed by atoms with Gasteiger partial charge in [0.25, 0.3) is 0 Å². The fraction of sp³-hybridized carbons (Fsp3) is 0.222. The zero-order valence-electron chi connectivity index (χ0n) is 7.87. The molecule has 0 atom stereocenters. The van der Waals surface area contributed by atoms with Crippen LogP contribution in [0.1, 0.15) is 22.4 Å². The number of aryl methyl sites for hydroxylation is 1. The van der Waals surface area contributed by atoms with E-state index in [0.29, 0.717) is 16.4 Å². The van der Waals surface area contributed by atoms with Crippen molar-refractivity contribution in [2.75, 3.05) is 5.73 Å². The summed E-state index contributed by atoms with van der Waals surface area (Å²) in [5, 5.41) is 0.769. The molecule has 0 bridgehead atoms. The Bertz CT molecular complexity index is 518. The Morgan fingerprint density at radius 3 is 2.93 bits per heavy atom. The van der Waals surface area contributed by atoms with Crippen molar-refractivity contribution < 1.29 is 4.79 Å². The number of nitrogens with two attached hydrogens (primary N) is 1.